The lowest BCUT2D eigenvalue weighted by Crippen LogP contribution is -2.37. The van der Waals surface area contributed by atoms with Gasteiger partial charge in [-0.05, 0) is 103 Å². The maximum Gasteiger partial charge on any atom is 0.472 e. The predicted molar refractivity (Wildman–Crippen MR) is 344 cm³/mol. The first-order valence-corrected chi connectivity index (χ1v) is 33.8. The number of ether oxygens (including phenoxy) is 2. The number of likely N-dealkylation sites (N-methyl/N-ethyl adjacent to an activating group) is 1. The smallest absolute Gasteiger partial charge is 0.462 e. The van der Waals surface area contributed by atoms with Crippen molar-refractivity contribution >= 4 is 19.8 Å². The Balaban J connectivity index is 4.12. The van der Waals surface area contributed by atoms with E-state index in [0.29, 0.717) is 17.4 Å². The molecular formula is C70H121NO8P+. The first kappa shape index (κ1) is 76.4. The third-order valence-electron chi connectivity index (χ3n) is 13.5. The largest absolute Gasteiger partial charge is 0.472 e. The molecule has 0 saturated carbocycles. The van der Waals surface area contributed by atoms with E-state index in [9.17, 15) is 19.0 Å². The predicted octanol–water partition coefficient (Wildman–Crippen LogP) is 20.7. The molecule has 80 heavy (non-hydrogen) atoms. The third-order valence-corrected chi connectivity index (χ3v) is 14.5. The van der Waals surface area contributed by atoms with Crippen LogP contribution in [0.1, 0.15) is 258 Å². The van der Waals surface area contributed by atoms with Gasteiger partial charge in [-0.3, -0.25) is 18.6 Å². The molecule has 0 aliphatic carbocycles. The number of hydrogen-bond acceptors (Lipinski definition) is 7. The summed E-state index contributed by atoms with van der Waals surface area (Å²) in [5.74, 6) is -0.803. The highest BCUT2D eigenvalue weighted by Gasteiger charge is 2.27. The second-order valence-corrected chi connectivity index (χ2v) is 23.8. The van der Waals surface area contributed by atoms with Gasteiger partial charge in [-0.1, -0.05) is 264 Å². The fourth-order valence-electron chi connectivity index (χ4n) is 8.60. The van der Waals surface area contributed by atoms with E-state index < -0.39 is 26.5 Å². The van der Waals surface area contributed by atoms with Crippen molar-refractivity contribution in [2.75, 3.05) is 47.5 Å². The molecule has 0 heterocycles. The van der Waals surface area contributed by atoms with Gasteiger partial charge in [0.2, 0.25) is 0 Å². The van der Waals surface area contributed by atoms with Crippen molar-refractivity contribution in [2.24, 2.45) is 0 Å². The maximum atomic E-state index is 12.9. The van der Waals surface area contributed by atoms with E-state index in [4.69, 9.17) is 18.5 Å². The Morgan fingerprint density at radius 2 is 0.675 bits per heavy atom. The highest BCUT2D eigenvalue weighted by molar-refractivity contribution is 7.47. The van der Waals surface area contributed by atoms with Crippen LogP contribution in [0.5, 0.6) is 0 Å². The quantitative estimate of drug-likeness (QED) is 0.0211. The summed E-state index contributed by atoms with van der Waals surface area (Å²) in [7, 11) is 1.47. The molecule has 1 N–H and O–H groups in total. The van der Waals surface area contributed by atoms with Crippen LogP contribution in [0, 0.1) is 0 Å². The maximum absolute atomic E-state index is 12.9. The van der Waals surface area contributed by atoms with E-state index >= 15 is 0 Å². The molecule has 0 aromatic rings. The number of rotatable bonds is 58. The van der Waals surface area contributed by atoms with Gasteiger partial charge in [0.1, 0.15) is 19.8 Å². The van der Waals surface area contributed by atoms with Gasteiger partial charge in [-0.15, -0.1) is 0 Å². The zero-order valence-corrected chi connectivity index (χ0v) is 52.9. The van der Waals surface area contributed by atoms with Crippen molar-refractivity contribution in [3.8, 4) is 0 Å². The van der Waals surface area contributed by atoms with Crippen LogP contribution in [0.15, 0.2) is 122 Å². The monoisotopic (exact) mass is 1130 g/mol. The van der Waals surface area contributed by atoms with Gasteiger partial charge in [0.25, 0.3) is 0 Å². The van der Waals surface area contributed by atoms with Crippen LogP contribution >= 0.6 is 7.82 Å². The minimum Gasteiger partial charge on any atom is -0.462 e. The van der Waals surface area contributed by atoms with Crippen molar-refractivity contribution < 1.29 is 42.1 Å². The lowest BCUT2D eigenvalue weighted by atomic mass is 10.0. The Labute approximate surface area is 492 Å². The third kappa shape index (κ3) is 63.6. The number of carbonyl (C=O) groups excluding carboxylic acids is 2. The normalized spacial score (nSPS) is 14.0. The Hall–Kier alpha value is -3.59. The summed E-state index contributed by atoms with van der Waals surface area (Å²) in [6.07, 6.45) is 85.6. The van der Waals surface area contributed by atoms with Gasteiger partial charge in [0.05, 0.1) is 27.7 Å². The Morgan fingerprint density at radius 3 is 1.00 bits per heavy atom. The van der Waals surface area contributed by atoms with Crippen LogP contribution in [-0.4, -0.2) is 74.9 Å². The summed E-state index contributed by atoms with van der Waals surface area (Å²) >= 11 is 0. The summed E-state index contributed by atoms with van der Waals surface area (Å²) in [5.41, 5.74) is 0. The molecule has 0 fully saturated rings. The van der Waals surface area contributed by atoms with Crippen LogP contribution < -0.4 is 0 Å². The van der Waals surface area contributed by atoms with E-state index in [1.807, 2.05) is 21.1 Å². The number of phosphoric ester groups is 1. The van der Waals surface area contributed by atoms with E-state index in [1.165, 1.54) is 122 Å². The summed E-state index contributed by atoms with van der Waals surface area (Å²) in [5, 5.41) is 0. The number of carbonyl (C=O) groups is 2. The molecule has 458 valence electrons. The minimum absolute atomic E-state index is 0.0260. The molecule has 0 saturated heterocycles. The molecule has 0 rings (SSSR count). The van der Waals surface area contributed by atoms with Gasteiger partial charge in [-0.2, -0.15) is 0 Å². The summed E-state index contributed by atoms with van der Waals surface area (Å²) < 4.78 is 34.7. The number of esters is 2. The molecule has 10 heteroatoms. The highest BCUT2D eigenvalue weighted by Crippen LogP contribution is 2.43. The fraction of sp³-hybridized carbons (Fsp3) is 0.686. The van der Waals surface area contributed by atoms with Crippen LogP contribution in [0.4, 0.5) is 0 Å². The standard InChI is InChI=1S/C70H120NO8P/c1-6-8-10-12-14-16-18-20-22-24-26-28-30-32-33-34-35-36-37-39-41-43-45-47-49-51-53-55-57-59-61-63-70(73)79-68(67-78-80(74,75)77-65-64-71(3,4)5)66-76-69(72)62-60-58-56-54-52-50-48-46-44-42-40-38-31-29-27-25-23-21-19-17-15-13-11-9-7-2/h8-11,14-17,20-23,26-29,32-33,35-36,68H,6-7,12-13,18-19,24-25,30-31,34,37-67H2,1-5H3/p+1/b10-8-,11-9-,16-14-,17-15-,22-20-,23-21-,28-26-,29-27-,33-32-,36-35-. The Morgan fingerprint density at radius 1 is 0.388 bits per heavy atom. The lowest BCUT2D eigenvalue weighted by molar-refractivity contribution is -0.870. The van der Waals surface area contributed by atoms with Crippen molar-refractivity contribution in [2.45, 2.75) is 264 Å². The van der Waals surface area contributed by atoms with E-state index in [-0.39, 0.29) is 32.0 Å². The molecule has 0 aromatic heterocycles. The first-order valence-electron chi connectivity index (χ1n) is 32.3. The van der Waals surface area contributed by atoms with Crippen molar-refractivity contribution in [1.82, 2.24) is 0 Å². The van der Waals surface area contributed by atoms with E-state index in [2.05, 4.69) is 135 Å². The zero-order chi connectivity index (χ0) is 58.4. The first-order chi connectivity index (χ1) is 39.0. The van der Waals surface area contributed by atoms with Crippen molar-refractivity contribution in [1.29, 1.82) is 0 Å². The Bertz CT molecular complexity index is 1760. The average molecular weight is 1140 g/mol. The van der Waals surface area contributed by atoms with E-state index in [1.54, 1.807) is 0 Å². The average Bonchev–Trinajstić information content (AvgIpc) is 3.42. The highest BCUT2D eigenvalue weighted by atomic mass is 31.2. The molecule has 0 radical (unpaired) electrons. The minimum atomic E-state index is -4.40. The van der Waals surface area contributed by atoms with Gasteiger partial charge >= 0.3 is 19.8 Å². The molecular weight excluding hydrogens is 1010 g/mol. The zero-order valence-electron chi connectivity index (χ0n) is 52.0. The van der Waals surface area contributed by atoms with Crippen LogP contribution in [0.25, 0.3) is 0 Å². The van der Waals surface area contributed by atoms with Crippen LogP contribution in [0.3, 0.4) is 0 Å². The summed E-state index contributed by atoms with van der Waals surface area (Å²) in [4.78, 5) is 35.8. The van der Waals surface area contributed by atoms with Crippen LogP contribution in [-0.2, 0) is 32.7 Å². The van der Waals surface area contributed by atoms with Gasteiger partial charge in [0.15, 0.2) is 6.10 Å². The van der Waals surface area contributed by atoms with Gasteiger partial charge in [0, 0.05) is 12.8 Å². The number of phosphoric acid groups is 1. The molecule has 0 aliphatic heterocycles. The SMILES string of the molecule is CC/C=C\C/C=C\C/C=C\C/C=C\C/C=C\C/C=C\CCCCCCCCCCCCCCC(=O)OC(COC(=O)CCCCCCCCCCCCCC/C=C\C/C=C\C/C=C\C/C=C\CC)COP(=O)(O)OCC[N+](C)(C)C. The molecule has 2 unspecified atom stereocenters. The second-order valence-electron chi connectivity index (χ2n) is 22.4. The van der Waals surface area contributed by atoms with E-state index in [0.717, 1.165) is 103 Å². The number of hydrogen-bond donors (Lipinski definition) is 1. The number of nitrogens with zero attached hydrogens (tertiary/aromatic N) is 1. The fourth-order valence-corrected chi connectivity index (χ4v) is 9.34. The molecule has 9 nitrogen and oxygen atoms in total. The number of unbranched alkanes of at least 4 members (excludes halogenated alkanes) is 24. The number of quaternary nitrogens is 1. The molecule has 0 aromatic carbocycles. The molecule has 2 atom stereocenters. The summed E-state index contributed by atoms with van der Waals surface area (Å²) in [6, 6.07) is 0. The molecule has 0 bridgehead atoms. The topological polar surface area (TPSA) is 108 Å². The van der Waals surface area contributed by atoms with Crippen molar-refractivity contribution in [3.63, 3.8) is 0 Å². The second kappa shape index (κ2) is 60.0. The number of allylic oxidation sites excluding steroid dienone is 20. The summed E-state index contributed by atoms with van der Waals surface area (Å²) in [6.45, 7) is 4.21. The molecule has 0 amide bonds. The van der Waals surface area contributed by atoms with Crippen molar-refractivity contribution in [3.05, 3.63) is 122 Å². The molecule has 0 aliphatic rings. The van der Waals surface area contributed by atoms with Gasteiger partial charge in [-0.25, -0.2) is 4.57 Å². The lowest BCUT2D eigenvalue weighted by Gasteiger charge is -2.24. The molecule has 0 spiro atoms. The van der Waals surface area contributed by atoms with Gasteiger partial charge < -0.3 is 18.9 Å². The Kier molecular flexibility index (Phi) is 57.3. The van der Waals surface area contributed by atoms with Crippen LogP contribution in [0.2, 0.25) is 0 Å².